The molecule has 0 aliphatic rings. The van der Waals surface area contributed by atoms with Gasteiger partial charge in [0.1, 0.15) is 0 Å². The quantitative estimate of drug-likeness (QED) is 0.767. The molecule has 98 valence electrons. The molecule has 1 aromatic rings. The van der Waals surface area contributed by atoms with E-state index in [0.29, 0.717) is 0 Å². The maximum atomic E-state index is 11.8. The number of hydrogen-bond acceptors (Lipinski definition) is 3. The van der Waals surface area contributed by atoms with Crippen LogP contribution in [0.2, 0.25) is 0 Å². The average molecular weight is 361 g/mol. The van der Waals surface area contributed by atoms with Crippen molar-refractivity contribution in [2.24, 2.45) is 0 Å². The predicted molar refractivity (Wildman–Crippen MR) is 79.4 cm³/mol. The summed E-state index contributed by atoms with van der Waals surface area (Å²) in [5.74, 6) is -0.245. The van der Waals surface area contributed by atoms with Crippen molar-refractivity contribution in [1.82, 2.24) is 10.2 Å². The van der Waals surface area contributed by atoms with Gasteiger partial charge in [-0.2, -0.15) is 0 Å². The maximum Gasteiger partial charge on any atom is 0.238 e. The number of amides is 2. The zero-order chi connectivity index (χ0) is 13.5. The summed E-state index contributed by atoms with van der Waals surface area (Å²) >= 11 is 2.16. The Hall–Kier alpha value is -1.15. The molecule has 2 N–H and O–H groups in total. The standard InChI is InChI=1S/C12H16IN3O2/c1-14-11(17)7-16(2)8-12(18)15-10-6-4-3-5-9(10)13/h3-6H,7-8H2,1-2H3,(H,14,17)(H,15,18). The number of halogens is 1. The van der Waals surface area contributed by atoms with E-state index < -0.39 is 0 Å². The molecule has 0 radical (unpaired) electrons. The molecule has 18 heavy (non-hydrogen) atoms. The molecule has 0 bridgehead atoms. The van der Waals surface area contributed by atoms with E-state index >= 15 is 0 Å². The molecule has 1 rings (SSSR count). The van der Waals surface area contributed by atoms with Crippen molar-refractivity contribution in [3.63, 3.8) is 0 Å². The van der Waals surface area contributed by atoms with E-state index in [9.17, 15) is 9.59 Å². The third-order valence-electron chi connectivity index (χ3n) is 2.25. The largest absolute Gasteiger partial charge is 0.358 e. The van der Waals surface area contributed by atoms with Gasteiger partial charge >= 0.3 is 0 Å². The van der Waals surface area contributed by atoms with E-state index in [1.54, 1.807) is 19.0 Å². The highest BCUT2D eigenvalue weighted by Crippen LogP contribution is 2.16. The third kappa shape index (κ3) is 5.01. The minimum atomic E-state index is -0.134. The fourth-order valence-electron chi connectivity index (χ4n) is 1.38. The molecular weight excluding hydrogens is 345 g/mol. The highest BCUT2D eigenvalue weighted by molar-refractivity contribution is 14.1. The second-order valence-electron chi connectivity index (χ2n) is 3.87. The van der Waals surface area contributed by atoms with Crippen LogP contribution in [0.3, 0.4) is 0 Å². The zero-order valence-corrected chi connectivity index (χ0v) is 12.5. The summed E-state index contributed by atoms with van der Waals surface area (Å²) in [5, 5.41) is 5.33. The number of benzene rings is 1. The molecule has 2 amide bonds. The van der Waals surface area contributed by atoms with Gasteiger partial charge in [-0.25, -0.2) is 0 Å². The first-order valence-electron chi connectivity index (χ1n) is 5.46. The van der Waals surface area contributed by atoms with E-state index in [1.165, 1.54) is 0 Å². The number of nitrogens with zero attached hydrogens (tertiary/aromatic N) is 1. The van der Waals surface area contributed by atoms with Crippen molar-refractivity contribution in [2.75, 3.05) is 32.5 Å². The molecule has 0 aliphatic carbocycles. The second kappa shape index (κ2) is 7.32. The van der Waals surface area contributed by atoms with Crippen LogP contribution in [0.1, 0.15) is 0 Å². The molecular formula is C12H16IN3O2. The maximum absolute atomic E-state index is 11.8. The Kier molecular flexibility index (Phi) is 6.06. The number of hydrogen-bond donors (Lipinski definition) is 2. The lowest BCUT2D eigenvalue weighted by Crippen LogP contribution is -2.37. The van der Waals surface area contributed by atoms with Crippen LogP contribution < -0.4 is 10.6 Å². The van der Waals surface area contributed by atoms with Crippen molar-refractivity contribution in [1.29, 1.82) is 0 Å². The summed E-state index contributed by atoms with van der Waals surface area (Å²) in [6.07, 6.45) is 0. The SMILES string of the molecule is CNC(=O)CN(C)CC(=O)Nc1ccccc1I. The monoisotopic (exact) mass is 361 g/mol. The summed E-state index contributed by atoms with van der Waals surface area (Å²) in [5.41, 5.74) is 0.788. The van der Waals surface area contributed by atoms with Crippen LogP contribution in [0, 0.1) is 3.57 Å². The lowest BCUT2D eigenvalue weighted by Gasteiger charge is -2.15. The molecule has 5 nitrogen and oxygen atoms in total. The van der Waals surface area contributed by atoms with Crippen LogP contribution in [0.5, 0.6) is 0 Å². The van der Waals surface area contributed by atoms with Crippen LogP contribution in [0.25, 0.3) is 0 Å². The Bertz CT molecular complexity index is 437. The first-order chi connectivity index (χ1) is 8.52. The van der Waals surface area contributed by atoms with Gasteiger partial charge in [0, 0.05) is 10.6 Å². The van der Waals surface area contributed by atoms with Crippen molar-refractivity contribution in [3.05, 3.63) is 27.8 Å². The van der Waals surface area contributed by atoms with E-state index in [-0.39, 0.29) is 24.9 Å². The van der Waals surface area contributed by atoms with Gasteiger partial charge in [-0.3, -0.25) is 14.5 Å². The van der Waals surface area contributed by atoms with E-state index in [4.69, 9.17) is 0 Å². The number of carbonyl (C=O) groups is 2. The molecule has 0 spiro atoms. The Morgan fingerprint density at radius 1 is 1.22 bits per heavy atom. The van der Waals surface area contributed by atoms with Gasteiger partial charge in [0.15, 0.2) is 0 Å². The van der Waals surface area contributed by atoms with Gasteiger partial charge in [-0.1, -0.05) is 12.1 Å². The lowest BCUT2D eigenvalue weighted by molar-refractivity contribution is -0.122. The number of para-hydroxylation sites is 1. The van der Waals surface area contributed by atoms with Crippen molar-refractivity contribution in [3.8, 4) is 0 Å². The lowest BCUT2D eigenvalue weighted by atomic mass is 10.3. The molecule has 0 saturated heterocycles. The highest BCUT2D eigenvalue weighted by Gasteiger charge is 2.10. The zero-order valence-electron chi connectivity index (χ0n) is 10.4. The van der Waals surface area contributed by atoms with Crippen LogP contribution in [-0.2, 0) is 9.59 Å². The Morgan fingerprint density at radius 3 is 2.44 bits per heavy atom. The van der Waals surface area contributed by atoms with Gasteiger partial charge in [0.05, 0.1) is 18.8 Å². The number of likely N-dealkylation sites (N-methyl/N-ethyl adjacent to an activating group) is 2. The molecule has 0 aromatic heterocycles. The summed E-state index contributed by atoms with van der Waals surface area (Å²) in [7, 11) is 3.30. The minimum absolute atomic E-state index is 0.111. The number of nitrogens with one attached hydrogen (secondary N) is 2. The van der Waals surface area contributed by atoms with Crippen LogP contribution >= 0.6 is 22.6 Å². The van der Waals surface area contributed by atoms with Gasteiger partial charge in [-0.15, -0.1) is 0 Å². The Morgan fingerprint density at radius 2 is 1.83 bits per heavy atom. The van der Waals surface area contributed by atoms with Crippen molar-refractivity contribution in [2.45, 2.75) is 0 Å². The van der Waals surface area contributed by atoms with Gasteiger partial charge in [0.2, 0.25) is 11.8 Å². The number of carbonyl (C=O) groups excluding carboxylic acids is 2. The average Bonchev–Trinajstić information content (AvgIpc) is 2.31. The molecule has 0 aliphatic heterocycles. The smallest absolute Gasteiger partial charge is 0.238 e. The molecule has 0 heterocycles. The molecule has 1 aromatic carbocycles. The summed E-state index contributed by atoms with van der Waals surface area (Å²) < 4.78 is 0.984. The van der Waals surface area contributed by atoms with E-state index in [2.05, 4.69) is 33.2 Å². The van der Waals surface area contributed by atoms with Gasteiger partial charge in [-0.05, 0) is 41.8 Å². The topological polar surface area (TPSA) is 61.4 Å². The predicted octanol–water partition coefficient (Wildman–Crippen LogP) is 0.908. The fraction of sp³-hybridized carbons (Fsp3) is 0.333. The number of anilines is 1. The molecule has 6 heteroatoms. The van der Waals surface area contributed by atoms with E-state index in [0.717, 1.165) is 9.26 Å². The summed E-state index contributed by atoms with van der Waals surface area (Å²) in [6, 6.07) is 7.55. The highest BCUT2D eigenvalue weighted by atomic mass is 127. The van der Waals surface area contributed by atoms with Crippen LogP contribution in [0.4, 0.5) is 5.69 Å². The second-order valence-corrected chi connectivity index (χ2v) is 5.04. The fourth-order valence-corrected chi connectivity index (χ4v) is 1.90. The van der Waals surface area contributed by atoms with Gasteiger partial charge < -0.3 is 10.6 Å². The van der Waals surface area contributed by atoms with Crippen molar-refractivity contribution < 1.29 is 9.59 Å². The Balaban J connectivity index is 2.47. The van der Waals surface area contributed by atoms with E-state index in [1.807, 2.05) is 24.3 Å². The molecule has 0 fully saturated rings. The molecule has 0 unspecified atom stereocenters. The first-order valence-corrected chi connectivity index (χ1v) is 6.54. The molecule has 0 atom stereocenters. The minimum Gasteiger partial charge on any atom is -0.358 e. The molecule has 0 saturated carbocycles. The normalized spacial score (nSPS) is 10.2. The number of rotatable bonds is 5. The Labute approximate surface area is 120 Å². The summed E-state index contributed by atoms with van der Waals surface area (Å²) in [6.45, 7) is 0.383. The van der Waals surface area contributed by atoms with Crippen LogP contribution in [-0.4, -0.2) is 43.9 Å². The third-order valence-corrected chi connectivity index (χ3v) is 3.19. The summed E-state index contributed by atoms with van der Waals surface area (Å²) in [4.78, 5) is 24.5. The van der Waals surface area contributed by atoms with Gasteiger partial charge in [0.25, 0.3) is 0 Å². The van der Waals surface area contributed by atoms with Crippen molar-refractivity contribution >= 4 is 40.1 Å². The van der Waals surface area contributed by atoms with Crippen LogP contribution in [0.15, 0.2) is 24.3 Å². The first kappa shape index (κ1) is 14.9.